The van der Waals surface area contributed by atoms with Gasteiger partial charge in [-0.2, -0.15) is 0 Å². The first kappa shape index (κ1) is 13.4. The summed E-state index contributed by atoms with van der Waals surface area (Å²) < 4.78 is 0. The zero-order chi connectivity index (χ0) is 12.4. The Morgan fingerprint density at radius 3 is 2.06 bits per heavy atom. The van der Waals surface area contributed by atoms with Gasteiger partial charge in [-0.3, -0.25) is 0 Å². The highest BCUT2D eigenvalue weighted by atomic mass is 16.3. The van der Waals surface area contributed by atoms with E-state index in [0.29, 0.717) is 17.9 Å². The number of nitrogens with one attached hydrogen (secondary N) is 1. The first-order valence-corrected chi connectivity index (χ1v) is 7.46. The summed E-state index contributed by atoms with van der Waals surface area (Å²) in [5.74, 6) is 0.667. The Labute approximate surface area is 106 Å². The van der Waals surface area contributed by atoms with Crippen molar-refractivity contribution in [2.45, 2.75) is 70.8 Å². The number of aliphatic hydroxyl groups is 1. The van der Waals surface area contributed by atoms with Crippen molar-refractivity contribution in [2.75, 3.05) is 13.2 Å². The van der Waals surface area contributed by atoms with Crippen LogP contribution in [-0.2, 0) is 0 Å². The van der Waals surface area contributed by atoms with E-state index in [1.807, 2.05) is 0 Å². The Hall–Kier alpha value is -0.0800. The largest absolute Gasteiger partial charge is 0.394 e. The fraction of sp³-hybridized carbons (Fsp3) is 1.00. The van der Waals surface area contributed by atoms with Crippen LogP contribution in [0, 0.1) is 11.3 Å². The van der Waals surface area contributed by atoms with E-state index in [0.717, 1.165) is 6.54 Å². The summed E-state index contributed by atoms with van der Waals surface area (Å²) in [4.78, 5) is 0. The van der Waals surface area contributed by atoms with Crippen LogP contribution in [0.2, 0.25) is 0 Å². The first-order valence-electron chi connectivity index (χ1n) is 7.46. The van der Waals surface area contributed by atoms with Crippen molar-refractivity contribution in [1.29, 1.82) is 0 Å². The lowest BCUT2D eigenvalue weighted by Gasteiger charge is -2.45. The molecule has 0 aromatic rings. The Bertz CT molecular complexity index is 233. The molecule has 2 heteroatoms. The first-order chi connectivity index (χ1) is 8.10. The van der Waals surface area contributed by atoms with Crippen molar-refractivity contribution in [3.63, 3.8) is 0 Å². The Kier molecular flexibility index (Phi) is 4.14. The Morgan fingerprint density at radius 1 is 1.00 bits per heavy atom. The van der Waals surface area contributed by atoms with Crippen LogP contribution in [0.25, 0.3) is 0 Å². The second-order valence-corrected chi connectivity index (χ2v) is 6.92. The summed E-state index contributed by atoms with van der Waals surface area (Å²) in [7, 11) is 0. The molecule has 2 rings (SSSR count). The van der Waals surface area contributed by atoms with Crippen molar-refractivity contribution in [1.82, 2.24) is 5.32 Å². The van der Waals surface area contributed by atoms with Crippen LogP contribution >= 0.6 is 0 Å². The number of rotatable bonds is 4. The molecule has 0 heterocycles. The number of hydrogen-bond acceptors (Lipinski definition) is 2. The minimum atomic E-state index is 0.0398. The van der Waals surface area contributed by atoms with Crippen LogP contribution in [0.15, 0.2) is 0 Å². The van der Waals surface area contributed by atoms with Gasteiger partial charge in [0.2, 0.25) is 0 Å². The van der Waals surface area contributed by atoms with E-state index in [9.17, 15) is 5.11 Å². The summed E-state index contributed by atoms with van der Waals surface area (Å²) >= 11 is 0. The highest BCUT2D eigenvalue weighted by molar-refractivity contribution is 4.99. The van der Waals surface area contributed by atoms with Crippen molar-refractivity contribution in [3.05, 3.63) is 0 Å². The van der Waals surface area contributed by atoms with Crippen LogP contribution < -0.4 is 5.32 Å². The van der Waals surface area contributed by atoms with Crippen LogP contribution in [0.1, 0.15) is 65.2 Å². The Balaban J connectivity index is 1.89. The predicted octanol–water partition coefficient (Wildman–Crippen LogP) is 3.10. The molecule has 2 aliphatic carbocycles. The van der Waals surface area contributed by atoms with E-state index >= 15 is 0 Å². The van der Waals surface area contributed by atoms with Crippen molar-refractivity contribution in [3.8, 4) is 0 Å². The molecule has 0 atom stereocenters. The minimum absolute atomic E-state index is 0.0398. The van der Waals surface area contributed by atoms with Crippen molar-refractivity contribution < 1.29 is 5.11 Å². The third-order valence-corrected chi connectivity index (χ3v) is 5.12. The molecule has 0 unspecified atom stereocenters. The molecule has 2 nitrogen and oxygen atoms in total. The fourth-order valence-electron chi connectivity index (χ4n) is 3.70. The Morgan fingerprint density at radius 2 is 1.59 bits per heavy atom. The summed E-state index contributed by atoms with van der Waals surface area (Å²) in [6, 6.07) is 0. The van der Waals surface area contributed by atoms with Crippen molar-refractivity contribution >= 4 is 0 Å². The van der Waals surface area contributed by atoms with E-state index < -0.39 is 0 Å². The third-order valence-electron chi connectivity index (χ3n) is 5.12. The van der Waals surface area contributed by atoms with Gasteiger partial charge in [-0.15, -0.1) is 0 Å². The van der Waals surface area contributed by atoms with Gasteiger partial charge >= 0.3 is 0 Å². The average molecular weight is 239 g/mol. The van der Waals surface area contributed by atoms with Gasteiger partial charge in [0.1, 0.15) is 0 Å². The average Bonchev–Trinajstić information content (AvgIpc) is 2.78. The van der Waals surface area contributed by atoms with E-state index in [4.69, 9.17) is 0 Å². The maximum atomic E-state index is 9.72. The van der Waals surface area contributed by atoms with E-state index in [1.165, 1.54) is 51.4 Å². The van der Waals surface area contributed by atoms with Crippen molar-refractivity contribution in [2.24, 2.45) is 11.3 Å². The zero-order valence-corrected chi connectivity index (χ0v) is 11.6. The van der Waals surface area contributed by atoms with Gasteiger partial charge in [-0.25, -0.2) is 0 Å². The monoisotopic (exact) mass is 239 g/mol. The van der Waals surface area contributed by atoms with Gasteiger partial charge in [-0.05, 0) is 56.4 Å². The normalized spacial score (nSPS) is 26.8. The van der Waals surface area contributed by atoms with Crippen LogP contribution in [0.3, 0.4) is 0 Å². The smallest absolute Gasteiger partial charge is 0.0613 e. The van der Waals surface area contributed by atoms with Gasteiger partial charge in [0.05, 0.1) is 6.61 Å². The third kappa shape index (κ3) is 3.03. The molecule has 0 radical (unpaired) electrons. The fourth-order valence-corrected chi connectivity index (χ4v) is 3.70. The highest BCUT2D eigenvalue weighted by Gasteiger charge is 2.43. The van der Waals surface area contributed by atoms with Gasteiger partial charge in [0, 0.05) is 5.54 Å². The molecule has 2 aliphatic rings. The maximum Gasteiger partial charge on any atom is 0.0613 e. The van der Waals surface area contributed by atoms with Gasteiger partial charge in [-0.1, -0.05) is 26.7 Å². The summed E-state index contributed by atoms with van der Waals surface area (Å²) in [6.07, 6.45) is 10.8. The molecular formula is C15H29NO. The van der Waals surface area contributed by atoms with E-state index in [2.05, 4.69) is 19.2 Å². The molecule has 2 N–H and O–H groups in total. The highest BCUT2D eigenvalue weighted by Crippen LogP contribution is 2.51. The molecule has 0 bridgehead atoms. The molecule has 100 valence electrons. The maximum absolute atomic E-state index is 9.72. The van der Waals surface area contributed by atoms with Gasteiger partial charge in [0.15, 0.2) is 0 Å². The molecule has 0 aromatic heterocycles. The second-order valence-electron chi connectivity index (χ2n) is 6.92. The van der Waals surface area contributed by atoms with E-state index in [-0.39, 0.29) is 5.54 Å². The molecule has 0 aliphatic heterocycles. The molecule has 0 saturated heterocycles. The zero-order valence-electron chi connectivity index (χ0n) is 11.6. The summed E-state index contributed by atoms with van der Waals surface area (Å²) in [6.45, 7) is 5.82. The predicted molar refractivity (Wildman–Crippen MR) is 72.0 cm³/mol. The van der Waals surface area contributed by atoms with Gasteiger partial charge < -0.3 is 10.4 Å². The number of aliphatic hydroxyl groups excluding tert-OH is 1. The second kappa shape index (κ2) is 5.27. The molecule has 1 spiro atoms. The lowest BCUT2D eigenvalue weighted by molar-refractivity contribution is 0.0608. The molecule has 17 heavy (non-hydrogen) atoms. The lowest BCUT2D eigenvalue weighted by Crippen LogP contribution is -2.53. The lowest BCUT2D eigenvalue weighted by atomic mass is 9.66. The van der Waals surface area contributed by atoms with Crippen LogP contribution in [-0.4, -0.2) is 23.8 Å². The molecule has 2 fully saturated rings. The molecular weight excluding hydrogens is 210 g/mol. The standard InChI is InChI=1S/C15H29NO/c1-13(2)11-16-15(12-17)9-7-14(8-10-15)5-3-4-6-14/h13,16-17H,3-12H2,1-2H3. The van der Waals surface area contributed by atoms with Crippen LogP contribution in [0.4, 0.5) is 0 Å². The minimum Gasteiger partial charge on any atom is -0.394 e. The topological polar surface area (TPSA) is 32.3 Å². The quantitative estimate of drug-likeness (QED) is 0.790. The summed E-state index contributed by atoms with van der Waals surface area (Å²) in [5.41, 5.74) is 0.705. The van der Waals surface area contributed by atoms with Crippen LogP contribution in [0.5, 0.6) is 0 Å². The summed E-state index contributed by atoms with van der Waals surface area (Å²) in [5, 5.41) is 13.4. The molecule has 0 aromatic carbocycles. The SMILES string of the molecule is CC(C)CNC1(CO)CCC2(CCCC2)CC1. The molecule has 0 amide bonds. The van der Waals surface area contributed by atoms with E-state index in [1.54, 1.807) is 0 Å². The van der Waals surface area contributed by atoms with Gasteiger partial charge in [0.25, 0.3) is 0 Å². The number of hydrogen-bond donors (Lipinski definition) is 2. The molecule has 2 saturated carbocycles.